The smallest absolute Gasteiger partial charge is 0.264 e. The van der Waals surface area contributed by atoms with Crippen molar-refractivity contribution in [3.8, 4) is 11.8 Å². The van der Waals surface area contributed by atoms with Gasteiger partial charge in [-0.1, -0.05) is 36.1 Å². The maximum atomic E-state index is 12.8. The summed E-state index contributed by atoms with van der Waals surface area (Å²) in [7, 11) is -2.96. The molecule has 2 aromatic heterocycles. The first kappa shape index (κ1) is 18.5. The molecule has 0 fully saturated rings. The number of carbonyl (C=O) groups is 1. The molecule has 0 aliphatic rings. The van der Waals surface area contributed by atoms with E-state index in [9.17, 15) is 9.00 Å². The zero-order chi connectivity index (χ0) is 20.3. The number of benzene rings is 2. The van der Waals surface area contributed by atoms with E-state index in [1.54, 1.807) is 42.6 Å². The summed E-state index contributed by atoms with van der Waals surface area (Å²) < 4.78 is 15.3. The van der Waals surface area contributed by atoms with E-state index in [0.29, 0.717) is 10.5 Å². The molecule has 1 unspecified atom stereocenters. The molecular formula is C23H17N3O2S. The second-order valence-corrected chi connectivity index (χ2v) is 8.44. The Morgan fingerprint density at radius 3 is 2.62 bits per heavy atom. The molecule has 0 spiro atoms. The molecular weight excluding hydrogens is 382 g/mol. The van der Waals surface area contributed by atoms with Gasteiger partial charge in [-0.15, -0.1) is 0 Å². The lowest BCUT2D eigenvalue weighted by Gasteiger charge is -2.11. The molecule has 1 amide bonds. The van der Waals surface area contributed by atoms with Crippen LogP contribution in [-0.2, 0) is 9.71 Å². The third-order valence-corrected chi connectivity index (χ3v) is 5.84. The van der Waals surface area contributed by atoms with E-state index in [-0.39, 0.29) is 5.56 Å². The lowest BCUT2D eigenvalue weighted by atomic mass is 10.1. The molecule has 4 rings (SSSR count). The van der Waals surface area contributed by atoms with Gasteiger partial charge in [0, 0.05) is 40.1 Å². The molecule has 1 atom stereocenters. The number of H-pyrrole nitrogens is 1. The topological polar surface area (TPSA) is 74.8 Å². The predicted molar refractivity (Wildman–Crippen MR) is 116 cm³/mol. The number of fused-ring (bicyclic) bond motifs is 1. The third-order valence-electron chi connectivity index (χ3n) is 4.29. The number of aromatic amines is 1. The van der Waals surface area contributed by atoms with Gasteiger partial charge in [0.2, 0.25) is 0 Å². The van der Waals surface area contributed by atoms with Crippen molar-refractivity contribution in [2.75, 3.05) is 0 Å². The first-order valence-electron chi connectivity index (χ1n) is 8.80. The molecule has 2 heterocycles. The van der Waals surface area contributed by atoms with E-state index in [0.717, 1.165) is 16.5 Å². The van der Waals surface area contributed by atoms with Crippen LogP contribution in [0.5, 0.6) is 0 Å². The highest BCUT2D eigenvalue weighted by Gasteiger charge is 2.13. The van der Waals surface area contributed by atoms with Crippen molar-refractivity contribution in [3.63, 3.8) is 0 Å². The highest BCUT2D eigenvalue weighted by molar-refractivity contribution is 7.99. The second kappa shape index (κ2) is 7.66. The lowest BCUT2D eigenvalue weighted by Crippen LogP contribution is -2.30. The summed E-state index contributed by atoms with van der Waals surface area (Å²) in [6.07, 6.45) is 4.87. The second-order valence-electron chi connectivity index (χ2n) is 6.41. The highest BCUT2D eigenvalue weighted by Crippen LogP contribution is 2.14. The molecule has 0 aliphatic heterocycles. The number of nitrogens with zero attached hydrogens (tertiary/aromatic N) is 1. The number of rotatable bonds is 3. The van der Waals surface area contributed by atoms with E-state index in [2.05, 4.69) is 32.4 Å². The number of carbonyl (C=O) groups excluding carboxylic acids is 1. The molecule has 0 aliphatic carbocycles. The van der Waals surface area contributed by atoms with Crippen molar-refractivity contribution in [1.82, 2.24) is 14.7 Å². The van der Waals surface area contributed by atoms with Gasteiger partial charge in [-0.25, -0.2) is 4.21 Å². The van der Waals surface area contributed by atoms with Crippen LogP contribution in [0, 0.1) is 11.8 Å². The Bertz CT molecular complexity index is 1360. The molecule has 0 saturated carbocycles. The fourth-order valence-electron chi connectivity index (χ4n) is 2.81. The van der Waals surface area contributed by atoms with Crippen LogP contribution in [0.1, 0.15) is 21.5 Å². The summed E-state index contributed by atoms with van der Waals surface area (Å²) in [6, 6.07) is 18.1. The van der Waals surface area contributed by atoms with Crippen LogP contribution in [0.2, 0.25) is 0 Å². The van der Waals surface area contributed by atoms with Crippen molar-refractivity contribution >= 4 is 32.4 Å². The maximum absolute atomic E-state index is 12.8. The van der Waals surface area contributed by atoms with Crippen molar-refractivity contribution < 1.29 is 9.00 Å². The number of nitrogens with one attached hydrogen (secondary N) is 2. The summed E-state index contributed by atoms with van der Waals surface area (Å²) in [5, 5.41) is 1.12. The van der Waals surface area contributed by atoms with E-state index in [1.807, 2.05) is 30.5 Å². The van der Waals surface area contributed by atoms with Gasteiger partial charge in [0.05, 0.1) is 15.3 Å². The number of hydrogen-bond donors (Lipinski definition) is 2. The molecule has 29 heavy (non-hydrogen) atoms. The summed E-state index contributed by atoms with van der Waals surface area (Å²) in [6.45, 7) is 0. The monoisotopic (exact) mass is 399 g/mol. The van der Waals surface area contributed by atoms with Gasteiger partial charge in [-0.2, -0.15) is 0 Å². The average Bonchev–Trinajstić information content (AvgIpc) is 3.21. The van der Waals surface area contributed by atoms with E-state index >= 15 is 0 Å². The lowest BCUT2D eigenvalue weighted by molar-refractivity contribution is 0.0982. The zero-order valence-corrected chi connectivity index (χ0v) is 16.2. The molecule has 2 aromatic carbocycles. The minimum absolute atomic E-state index is 0.268. The minimum Gasteiger partial charge on any atom is -0.361 e. The minimum atomic E-state index is -2.96. The Morgan fingerprint density at radius 1 is 1.00 bits per heavy atom. The molecule has 6 heteroatoms. The fraction of sp³-hybridized carbons (Fsp3) is 0. The molecule has 0 radical (unpaired) electrons. The Labute approximate surface area is 169 Å². The van der Waals surface area contributed by atoms with Crippen LogP contribution in [0.3, 0.4) is 0 Å². The largest absolute Gasteiger partial charge is 0.361 e. The van der Waals surface area contributed by atoms with Crippen LogP contribution in [0.15, 0.2) is 84.1 Å². The molecule has 5 nitrogen and oxygen atoms in total. The Kier molecular flexibility index (Phi) is 4.90. The molecule has 4 aromatic rings. The van der Waals surface area contributed by atoms with Gasteiger partial charge < -0.3 is 4.98 Å². The predicted octanol–water partition coefficient (Wildman–Crippen LogP) is 3.38. The number of aromatic nitrogens is 2. The van der Waals surface area contributed by atoms with Crippen LogP contribution < -0.4 is 4.72 Å². The van der Waals surface area contributed by atoms with Crippen molar-refractivity contribution in [2.24, 2.45) is 0 Å². The summed E-state index contributed by atoms with van der Waals surface area (Å²) in [5.74, 6) is 9.24. The first-order chi connectivity index (χ1) is 14.0. The van der Waals surface area contributed by atoms with Crippen LogP contribution >= 0.6 is 0 Å². The molecule has 2 N–H and O–H groups in total. The standard InChI is InChI=1S/C23H17N3O2S/c1-29(28,21-5-3-2-4-6-21)26-23(27)20-13-18(15-24-16-20)8-7-17-9-10-19-11-12-25-22(19)14-17/h2-6,9-16,25H,1H2,(H,26,27,28). The number of pyridine rings is 1. The van der Waals surface area contributed by atoms with Gasteiger partial charge in [0.1, 0.15) is 0 Å². The Hall–Kier alpha value is -3.82. The number of amides is 1. The van der Waals surface area contributed by atoms with Gasteiger partial charge >= 0.3 is 0 Å². The van der Waals surface area contributed by atoms with Crippen LogP contribution in [0.25, 0.3) is 10.9 Å². The number of hydrogen-bond acceptors (Lipinski definition) is 3. The first-order valence-corrected chi connectivity index (χ1v) is 10.5. The fourth-order valence-corrected chi connectivity index (χ4v) is 3.94. The average molecular weight is 399 g/mol. The van der Waals surface area contributed by atoms with Crippen LogP contribution in [0.4, 0.5) is 0 Å². The van der Waals surface area contributed by atoms with E-state index < -0.39 is 15.6 Å². The van der Waals surface area contributed by atoms with Gasteiger partial charge in [-0.3, -0.25) is 14.5 Å². The molecule has 142 valence electrons. The molecule has 0 saturated heterocycles. The van der Waals surface area contributed by atoms with E-state index in [4.69, 9.17) is 0 Å². The van der Waals surface area contributed by atoms with Crippen molar-refractivity contribution in [2.45, 2.75) is 4.90 Å². The SMILES string of the molecule is C=S(=O)(NC(=O)c1cncc(C#Cc2ccc3cc[nH]c3c2)c1)c1ccccc1. The molecule has 0 bridgehead atoms. The Balaban J connectivity index is 1.55. The van der Waals surface area contributed by atoms with Gasteiger partial charge in [-0.05, 0) is 47.7 Å². The summed E-state index contributed by atoms with van der Waals surface area (Å²) in [5.41, 5.74) is 2.71. The van der Waals surface area contributed by atoms with E-state index in [1.165, 1.54) is 6.20 Å². The third kappa shape index (κ3) is 4.21. The van der Waals surface area contributed by atoms with Crippen molar-refractivity contribution in [1.29, 1.82) is 0 Å². The summed E-state index contributed by atoms with van der Waals surface area (Å²) >= 11 is 0. The highest BCUT2D eigenvalue weighted by atomic mass is 32.2. The van der Waals surface area contributed by atoms with Crippen molar-refractivity contribution in [3.05, 3.63) is 95.9 Å². The zero-order valence-electron chi connectivity index (χ0n) is 15.4. The maximum Gasteiger partial charge on any atom is 0.264 e. The Morgan fingerprint density at radius 2 is 1.79 bits per heavy atom. The van der Waals surface area contributed by atoms with Gasteiger partial charge in [0.15, 0.2) is 0 Å². The summed E-state index contributed by atoms with van der Waals surface area (Å²) in [4.78, 5) is 20.2. The van der Waals surface area contributed by atoms with Gasteiger partial charge in [0.25, 0.3) is 5.91 Å². The quantitative estimate of drug-likeness (QED) is 0.410. The normalized spacial score (nSPS) is 12.6. The van der Waals surface area contributed by atoms with Crippen LogP contribution in [-0.4, -0.2) is 26.0 Å².